The monoisotopic (exact) mass is 211 g/mol. The van der Waals surface area contributed by atoms with E-state index in [1.54, 1.807) is 6.26 Å². The van der Waals surface area contributed by atoms with Crippen LogP contribution >= 0.6 is 0 Å². The first kappa shape index (κ1) is 11.4. The Morgan fingerprint density at radius 3 is 2.86 bits per heavy atom. The molecule has 3 heteroatoms. The molecule has 0 radical (unpaired) electrons. The lowest BCUT2D eigenvalue weighted by molar-refractivity contribution is 0.676. The van der Waals surface area contributed by atoms with Gasteiger partial charge in [-0.15, -0.1) is 0 Å². The van der Waals surface area contributed by atoms with Crippen LogP contribution in [0.25, 0.3) is 0 Å². The van der Waals surface area contributed by atoms with Crippen LogP contribution in [0.5, 0.6) is 0 Å². The van der Waals surface area contributed by atoms with Crippen LogP contribution in [0.15, 0.2) is 24.3 Å². The highest BCUT2D eigenvalue weighted by Crippen LogP contribution is 2.02. The number of hydrogen-bond donors (Lipinski definition) is 1. The van der Waals surface area contributed by atoms with Crippen LogP contribution in [0.3, 0.4) is 0 Å². The fourth-order valence-electron chi connectivity index (χ4n) is 1.27. The summed E-state index contributed by atoms with van der Waals surface area (Å²) < 4.78 is 10.8. The predicted octanol–water partition coefficient (Wildman–Crippen LogP) is 1.46. The van der Waals surface area contributed by atoms with Crippen LogP contribution in [0.4, 0.5) is 0 Å². The van der Waals surface area contributed by atoms with Gasteiger partial charge in [0.05, 0.1) is 0 Å². The molecule has 0 aliphatic heterocycles. The van der Waals surface area contributed by atoms with Gasteiger partial charge in [-0.1, -0.05) is 29.8 Å². The molecule has 1 rings (SSSR count). The van der Waals surface area contributed by atoms with Crippen molar-refractivity contribution < 1.29 is 4.21 Å². The molecule has 2 nitrogen and oxygen atoms in total. The summed E-state index contributed by atoms with van der Waals surface area (Å²) in [5.41, 5.74) is 2.57. The summed E-state index contributed by atoms with van der Waals surface area (Å²) >= 11 is 0. The molecular formula is C11H17NOS. The van der Waals surface area contributed by atoms with Crippen LogP contribution in [0, 0.1) is 6.92 Å². The summed E-state index contributed by atoms with van der Waals surface area (Å²) in [5.74, 6) is 0.728. The second kappa shape index (κ2) is 5.94. The first-order chi connectivity index (χ1) is 6.68. The van der Waals surface area contributed by atoms with Crippen molar-refractivity contribution >= 4 is 10.8 Å². The summed E-state index contributed by atoms with van der Waals surface area (Å²) in [6, 6.07) is 8.41. The Bertz CT molecular complexity index is 312. The Labute approximate surface area is 88.2 Å². The van der Waals surface area contributed by atoms with E-state index in [-0.39, 0.29) is 0 Å². The zero-order chi connectivity index (χ0) is 10.4. The summed E-state index contributed by atoms with van der Waals surface area (Å²) in [6.07, 6.45) is 1.73. The Hall–Kier alpha value is -0.670. The summed E-state index contributed by atoms with van der Waals surface area (Å²) in [5, 5.41) is 3.27. The summed E-state index contributed by atoms with van der Waals surface area (Å²) in [7, 11) is -0.690. The third kappa shape index (κ3) is 4.53. The molecule has 0 heterocycles. The van der Waals surface area contributed by atoms with E-state index in [0.717, 1.165) is 18.8 Å². The van der Waals surface area contributed by atoms with E-state index in [9.17, 15) is 4.21 Å². The minimum Gasteiger partial charge on any atom is -0.312 e. The molecule has 78 valence electrons. The summed E-state index contributed by atoms with van der Waals surface area (Å²) in [4.78, 5) is 0. The van der Waals surface area contributed by atoms with Crippen molar-refractivity contribution in [2.45, 2.75) is 13.5 Å². The largest absolute Gasteiger partial charge is 0.312 e. The molecule has 14 heavy (non-hydrogen) atoms. The molecule has 1 atom stereocenters. The predicted molar refractivity (Wildman–Crippen MR) is 61.8 cm³/mol. The molecule has 0 saturated heterocycles. The van der Waals surface area contributed by atoms with E-state index >= 15 is 0 Å². The van der Waals surface area contributed by atoms with Crippen LogP contribution in [0.2, 0.25) is 0 Å². The minimum atomic E-state index is -0.690. The Morgan fingerprint density at radius 2 is 2.21 bits per heavy atom. The lowest BCUT2D eigenvalue weighted by Crippen LogP contribution is -2.19. The van der Waals surface area contributed by atoms with Crippen molar-refractivity contribution in [3.05, 3.63) is 35.4 Å². The van der Waals surface area contributed by atoms with E-state index < -0.39 is 10.8 Å². The van der Waals surface area contributed by atoms with Crippen molar-refractivity contribution in [2.24, 2.45) is 0 Å². The van der Waals surface area contributed by atoms with Gasteiger partial charge in [0.25, 0.3) is 0 Å². The van der Waals surface area contributed by atoms with E-state index in [0.29, 0.717) is 0 Å². The molecule has 0 saturated carbocycles. The Balaban J connectivity index is 2.28. The molecule has 0 aliphatic carbocycles. The van der Waals surface area contributed by atoms with Gasteiger partial charge in [0.1, 0.15) is 0 Å². The van der Waals surface area contributed by atoms with Gasteiger partial charge in [-0.2, -0.15) is 0 Å². The van der Waals surface area contributed by atoms with Gasteiger partial charge >= 0.3 is 0 Å². The molecule has 0 spiro atoms. The van der Waals surface area contributed by atoms with Crippen molar-refractivity contribution in [2.75, 3.05) is 18.6 Å². The van der Waals surface area contributed by atoms with Crippen LogP contribution in [0.1, 0.15) is 11.1 Å². The number of hydrogen-bond acceptors (Lipinski definition) is 2. The van der Waals surface area contributed by atoms with Gasteiger partial charge in [-0.05, 0) is 12.5 Å². The average Bonchev–Trinajstić information content (AvgIpc) is 2.12. The topological polar surface area (TPSA) is 29.1 Å². The number of benzene rings is 1. The minimum absolute atomic E-state index is 0.690. The smallest absolute Gasteiger partial charge is 0.0357 e. The van der Waals surface area contributed by atoms with Gasteiger partial charge in [0.15, 0.2) is 0 Å². The van der Waals surface area contributed by atoms with Gasteiger partial charge in [0, 0.05) is 35.9 Å². The number of aryl methyl sites for hydroxylation is 1. The van der Waals surface area contributed by atoms with Gasteiger partial charge in [-0.3, -0.25) is 4.21 Å². The van der Waals surface area contributed by atoms with E-state index in [1.807, 2.05) is 0 Å². The fraction of sp³-hybridized carbons (Fsp3) is 0.455. The van der Waals surface area contributed by atoms with Crippen molar-refractivity contribution in [1.82, 2.24) is 5.32 Å². The maximum atomic E-state index is 10.8. The van der Waals surface area contributed by atoms with Crippen molar-refractivity contribution in [3.8, 4) is 0 Å². The third-order valence-corrected chi connectivity index (χ3v) is 2.76. The standard InChI is InChI=1S/C11H17NOS/c1-10-4-3-5-11(8-10)9-12-6-7-14(2)13/h3-5,8,12H,6-7,9H2,1-2H3/t14-/m0/s1. The molecule has 1 N–H and O–H groups in total. The molecule has 0 aliphatic rings. The second-order valence-corrected chi connectivity index (χ2v) is 5.00. The lowest BCUT2D eigenvalue weighted by atomic mass is 10.1. The molecule has 0 unspecified atom stereocenters. The normalized spacial score (nSPS) is 12.7. The van der Waals surface area contributed by atoms with Crippen LogP contribution in [-0.2, 0) is 17.3 Å². The zero-order valence-electron chi connectivity index (χ0n) is 8.75. The molecule has 0 amide bonds. The first-order valence-corrected chi connectivity index (χ1v) is 6.47. The Kier molecular flexibility index (Phi) is 4.84. The quantitative estimate of drug-likeness (QED) is 0.747. The molecule has 1 aromatic carbocycles. The lowest BCUT2D eigenvalue weighted by Gasteiger charge is -2.04. The number of rotatable bonds is 5. The van der Waals surface area contributed by atoms with E-state index in [4.69, 9.17) is 0 Å². The number of nitrogens with one attached hydrogen (secondary N) is 1. The third-order valence-electron chi connectivity index (χ3n) is 1.98. The van der Waals surface area contributed by atoms with Crippen molar-refractivity contribution in [1.29, 1.82) is 0 Å². The molecule has 1 aromatic rings. The zero-order valence-corrected chi connectivity index (χ0v) is 9.56. The van der Waals surface area contributed by atoms with E-state index in [1.165, 1.54) is 11.1 Å². The maximum Gasteiger partial charge on any atom is 0.0357 e. The molecular weight excluding hydrogens is 194 g/mol. The first-order valence-electron chi connectivity index (χ1n) is 4.75. The van der Waals surface area contributed by atoms with Crippen molar-refractivity contribution in [3.63, 3.8) is 0 Å². The average molecular weight is 211 g/mol. The molecule has 0 aromatic heterocycles. The highest BCUT2D eigenvalue weighted by Gasteiger charge is 1.93. The van der Waals surface area contributed by atoms with E-state index in [2.05, 4.69) is 36.5 Å². The summed E-state index contributed by atoms with van der Waals surface area (Å²) in [6.45, 7) is 3.76. The van der Waals surface area contributed by atoms with Gasteiger partial charge in [-0.25, -0.2) is 0 Å². The van der Waals surface area contributed by atoms with Crippen LogP contribution in [-0.4, -0.2) is 22.8 Å². The van der Waals surface area contributed by atoms with Gasteiger partial charge in [0.2, 0.25) is 0 Å². The second-order valence-electron chi connectivity index (χ2n) is 3.44. The molecule has 0 fully saturated rings. The molecule has 0 bridgehead atoms. The van der Waals surface area contributed by atoms with Gasteiger partial charge < -0.3 is 5.32 Å². The SMILES string of the molecule is Cc1cccc(CNCC[S@](C)=O)c1. The fourth-order valence-corrected chi connectivity index (χ4v) is 1.70. The highest BCUT2D eigenvalue weighted by molar-refractivity contribution is 7.84. The Morgan fingerprint density at radius 1 is 1.43 bits per heavy atom. The maximum absolute atomic E-state index is 10.8. The highest BCUT2D eigenvalue weighted by atomic mass is 32.2. The van der Waals surface area contributed by atoms with Crippen LogP contribution < -0.4 is 5.32 Å².